The van der Waals surface area contributed by atoms with Gasteiger partial charge < -0.3 is 9.64 Å². The molecule has 1 heterocycles. The summed E-state index contributed by atoms with van der Waals surface area (Å²) in [5.74, 6) is -2.83. The zero-order valence-corrected chi connectivity index (χ0v) is 14.5. The van der Waals surface area contributed by atoms with Crippen LogP contribution in [0, 0.1) is 11.6 Å². The normalized spacial score (nSPS) is 17.9. The monoisotopic (exact) mass is 379 g/mol. The van der Waals surface area contributed by atoms with Gasteiger partial charge in [0.2, 0.25) is 0 Å². The first kappa shape index (κ1) is 18.1. The highest BCUT2D eigenvalue weighted by molar-refractivity contribution is 7.94. The lowest BCUT2D eigenvalue weighted by molar-refractivity contribution is 0.0975. The highest BCUT2D eigenvalue weighted by Crippen LogP contribution is 2.28. The molecule has 0 aliphatic carbocycles. The molecule has 8 heteroatoms. The molecule has 0 fully saturated rings. The highest BCUT2D eigenvalue weighted by atomic mass is 32.2. The number of hydrogen-bond acceptors (Lipinski definition) is 4. The molecule has 0 spiro atoms. The number of ether oxygens (including phenoxy) is 1. The van der Waals surface area contributed by atoms with Crippen molar-refractivity contribution in [1.29, 1.82) is 0 Å². The van der Waals surface area contributed by atoms with Crippen LogP contribution < -0.4 is 9.64 Å². The third-order valence-corrected chi connectivity index (χ3v) is 5.37. The molecule has 26 heavy (non-hydrogen) atoms. The predicted molar refractivity (Wildman–Crippen MR) is 92.9 cm³/mol. The Bertz CT molecular complexity index is 951. The third-order valence-electron chi connectivity index (χ3n) is 3.99. The molecule has 1 amide bonds. The Morgan fingerprint density at radius 2 is 1.73 bits per heavy atom. The summed E-state index contributed by atoms with van der Waals surface area (Å²) >= 11 is 0. The summed E-state index contributed by atoms with van der Waals surface area (Å²) in [5, 5.41) is 0.999. The van der Waals surface area contributed by atoms with E-state index in [9.17, 15) is 22.0 Å². The number of carbonyl (C=O) groups excluding carboxylic acids is 1. The Morgan fingerprint density at radius 1 is 1.12 bits per heavy atom. The number of hydrogen-bond donors (Lipinski definition) is 0. The van der Waals surface area contributed by atoms with Crippen molar-refractivity contribution < 1.29 is 26.7 Å². The van der Waals surface area contributed by atoms with Gasteiger partial charge in [0.1, 0.15) is 22.9 Å². The first-order chi connectivity index (χ1) is 12.3. The Labute approximate surface area is 149 Å². The fourth-order valence-corrected chi connectivity index (χ4v) is 4.01. The van der Waals surface area contributed by atoms with Gasteiger partial charge in [0.05, 0.1) is 18.9 Å². The molecule has 1 aliphatic rings. The fraction of sp³-hybridized carbons (Fsp3) is 0.167. The van der Waals surface area contributed by atoms with E-state index >= 15 is 0 Å². The standard InChI is InChI=1S/C18H15F2NO4S/c1-25-14-7-5-12(6-8-14)21(13-9-10-26(23,24)11-13)18(22)17-15(19)3-2-4-16(17)20/h2-10,13H,11H2,1H3/t13-/m0/s1. The summed E-state index contributed by atoms with van der Waals surface area (Å²) in [4.78, 5) is 14.0. The van der Waals surface area contributed by atoms with Crippen molar-refractivity contribution in [1.82, 2.24) is 0 Å². The van der Waals surface area contributed by atoms with Crippen LogP contribution in [0.25, 0.3) is 0 Å². The number of amides is 1. The van der Waals surface area contributed by atoms with Gasteiger partial charge >= 0.3 is 0 Å². The molecule has 1 atom stereocenters. The molecule has 2 aromatic carbocycles. The van der Waals surface area contributed by atoms with E-state index in [2.05, 4.69) is 0 Å². The number of halogens is 2. The summed E-state index contributed by atoms with van der Waals surface area (Å²) in [6.07, 6.45) is 1.33. The van der Waals surface area contributed by atoms with Crippen LogP contribution in [0.1, 0.15) is 10.4 Å². The Morgan fingerprint density at radius 3 is 2.23 bits per heavy atom. The number of benzene rings is 2. The molecule has 136 valence electrons. The van der Waals surface area contributed by atoms with Crippen LogP contribution in [0.2, 0.25) is 0 Å². The van der Waals surface area contributed by atoms with Gasteiger partial charge in [-0.1, -0.05) is 6.07 Å². The second kappa shape index (κ2) is 6.87. The van der Waals surface area contributed by atoms with Crippen LogP contribution in [-0.4, -0.2) is 33.2 Å². The Kier molecular flexibility index (Phi) is 4.78. The number of methoxy groups -OCH3 is 1. The van der Waals surface area contributed by atoms with Gasteiger partial charge in [-0.05, 0) is 42.5 Å². The summed E-state index contributed by atoms with van der Waals surface area (Å²) < 4.78 is 56.8. The van der Waals surface area contributed by atoms with Crippen LogP contribution in [0.3, 0.4) is 0 Å². The number of sulfone groups is 1. The summed E-state index contributed by atoms with van der Waals surface area (Å²) in [6, 6.07) is 8.41. The van der Waals surface area contributed by atoms with Crippen molar-refractivity contribution in [2.75, 3.05) is 17.8 Å². The van der Waals surface area contributed by atoms with Crippen LogP contribution in [0.4, 0.5) is 14.5 Å². The minimum Gasteiger partial charge on any atom is -0.497 e. The van der Waals surface area contributed by atoms with Gasteiger partial charge in [-0.25, -0.2) is 17.2 Å². The third kappa shape index (κ3) is 3.45. The molecule has 0 saturated heterocycles. The molecule has 3 rings (SSSR count). The first-order valence-electron chi connectivity index (χ1n) is 7.65. The molecule has 0 saturated carbocycles. The van der Waals surface area contributed by atoms with E-state index in [1.165, 1.54) is 25.3 Å². The molecule has 0 N–H and O–H groups in total. The van der Waals surface area contributed by atoms with E-state index in [1.807, 2.05) is 0 Å². The summed E-state index contributed by atoms with van der Waals surface area (Å²) in [6.45, 7) is 0. The summed E-state index contributed by atoms with van der Waals surface area (Å²) in [7, 11) is -2.01. The molecule has 5 nitrogen and oxygen atoms in total. The molecular weight excluding hydrogens is 364 g/mol. The van der Waals surface area contributed by atoms with E-state index in [-0.39, 0.29) is 5.75 Å². The maximum absolute atomic E-state index is 14.1. The van der Waals surface area contributed by atoms with Gasteiger partial charge in [-0.2, -0.15) is 0 Å². The van der Waals surface area contributed by atoms with Crippen molar-refractivity contribution in [3.05, 3.63) is 71.1 Å². The lowest BCUT2D eigenvalue weighted by atomic mass is 10.1. The average Bonchev–Trinajstić information content (AvgIpc) is 2.95. The smallest absolute Gasteiger partial charge is 0.264 e. The summed E-state index contributed by atoms with van der Waals surface area (Å²) in [5.41, 5.74) is -0.439. The Hall–Kier alpha value is -2.74. The number of nitrogens with zero attached hydrogens (tertiary/aromatic N) is 1. The van der Waals surface area contributed by atoms with E-state index in [4.69, 9.17) is 4.74 Å². The zero-order valence-electron chi connectivity index (χ0n) is 13.7. The van der Waals surface area contributed by atoms with Gasteiger partial charge in [0.15, 0.2) is 9.84 Å². The van der Waals surface area contributed by atoms with Crippen LogP contribution in [0.15, 0.2) is 53.9 Å². The largest absolute Gasteiger partial charge is 0.497 e. The highest BCUT2D eigenvalue weighted by Gasteiger charge is 2.34. The topological polar surface area (TPSA) is 63.7 Å². The number of carbonyl (C=O) groups is 1. The van der Waals surface area contributed by atoms with E-state index in [0.717, 1.165) is 28.5 Å². The fourth-order valence-electron chi connectivity index (χ4n) is 2.74. The van der Waals surface area contributed by atoms with Crippen LogP contribution >= 0.6 is 0 Å². The van der Waals surface area contributed by atoms with Crippen molar-refractivity contribution in [3.63, 3.8) is 0 Å². The van der Waals surface area contributed by atoms with Crippen molar-refractivity contribution in [2.45, 2.75) is 6.04 Å². The molecule has 0 bridgehead atoms. The SMILES string of the molecule is COc1ccc(N(C(=O)c2c(F)cccc2F)[C@H]2C=CS(=O)(=O)C2)cc1. The van der Waals surface area contributed by atoms with Crippen LogP contribution in [-0.2, 0) is 9.84 Å². The van der Waals surface area contributed by atoms with Gasteiger partial charge in [-0.15, -0.1) is 0 Å². The molecule has 0 aromatic heterocycles. The maximum Gasteiger partial charge on any atom is 0.264 e. The van der Waals surface area contributed by atoms with Crippen molar-refractivity contribution in [3.8, 4) is 5.75 Å². The minimum absolute atomic E-state index is 0.296. The quantitative estimate of drug-likeness (QED) is 0.819. The zero-order chi connectivity index (χ0) is 18.9. The maximum atomic E-state index is 14.1. The molecule has 0 radical (unpaired) electrons. The van der Waals surface area contributed by atoms with Gasteiger partial charge in [-0.3, -0.25) is 4.79 Å². The molecule has 2 aromatic rings. The van der Waals surface area contributed by atoms with E-state index in [1.54, 1.807) is 12.1 Å². The predicted octanol–water partition coefficient (Wildman–Crippen LogP) is 2.93. The molecular formula is C18H15F2NO4S. The van der Waals surface area contributed by atoms with E-state index < -0.39 is 39.0 Å². The lowest BCUT2D eigenvalue weighted by Gasteiger charge is -2.28. The molecule has 0 unspecified atom stereocenters. The Balaban J connectivity index is 2.08. The second-order valence-electron chi connectivity index (χ2n) is 5.70. The van der Waals surface area contributed by atoms with E-state index in [0.29, 0.717) is 11.4 Å². The number of anilines is 1. The van der Waals surface area contributed by atoms with Crippen LogP contribution in [0.5, 0.6) is 5.75 Å². The van der Waals surface area contributed by atoms with Gasteiger partial charge in [0, 0.05) is 11.1 Å². The first-order valence-corrected chi connectivity index (χ1v) is 9.36. The average molecular weight is 379 g/mol. The van der Waals surface area contributed by atoms with Gasteiger partial charge in [0.25, 0.3) is 5.91 Å². The lowest BCUT2D eigenvalue weighted by Crippen LogP contribution is -2.42. The molecule has 1 aliphatic heterocycles. The van der Waals surface area contributed by atoms with Crippen molar-refractivity contribution in [2.24, 2.45) is 0 Å². The number of rotatable bonds is 4. The van der Waals surface area contributed by atoms with Crippen molar-refractivity contribution >= 4 is 21.4 Å². The second-order valence-corrected chi connectivity index (χ2v) is 7.63. The minimum atomic E-state index is -3.48.